The molecule has 0 aliphatic heterocycles. The number of hydrogen-bond donors (Lipinski definition) is 0. The van der Waals surface area contributed by atoms with Gasteiger partial charge in [-0.15, -0.1) is 13.2 Å². The molecule has 1 aromatic carbocycles. The van der Waals surface area contributed by atoms with Gasteiger partial charge in [0, 0.05) is 19.4 Å². The Morgan fingerprint density at radius 3 is 2.30 bits per heavy atom. The number of alkyl halides is 3. The first-order chi connectivity index (χ1) is 9.17. The molecule has 0 saturated carbocycles. The number of hydrogen-bond acceptors (Lipinski definition) is 5. The van der Waals surface area contributed by atoms with Crippen molar-refractivity contribution in [1.29, 1.82) is 0 Å². The van der Waals surface area contributed by atoms with Crippen LogP contribution in [-0.2, 0) is 20.9 Å². The van der Waals surface area contributed by atoms with Crippen LogP contribution in [0.15, 0.2) is 18.2 Å². The molecule has 0 bridgehead atoms. The number of halogens is 3. The van der Waals surface area contributed by atoms with Crippen molar-refractivity contribution in [2.24, 2.45) is 0 Å². The lowest BCUT2D eigenvalue weighted by Crippen LogP contribution is -2.17. The highest BCUT2D eigenvalue weighted by atomic mass is 19.4. The van der Waals surface area contributed by atoms with Crippen LogP contribution in [0.25, 0.3) is 0 Å². The molecule has 20 heavy (non-hydrogen) atoms. The third-order valence-electron chi connectivity index (χ3n) is 1.95. The summed E-state index contributed by atoms with van der Waals surface area (Å²) in [5.74, 6) is -1.79. The summed E-state index contributed by atoms with van der Waals surface area (Å²) < 4.78 is 49.5. The summed E-state index contributed by atoms with van der Waals surface area (Å²) in [5, 5.41) is 0. The third-order valence-corrected chi connectivity index (χ3v) is 1.95. The maximum Gasteiger partial charge on any atom is 0.573 e. The van der Waals surface area contributed by atoms with E-state index >= 15 is 0 Å². The zero-order valence-electron chi connectivity index (χ0n) is 10.6. The average Bonchev–Trinajstić information content (AvgIpc) is 2.26. The van der Waals surface area contributed by atoms with Crippen molar-refractivity contribution >= 4 is 11.9 Å². The van der Waals surface area contributed by atoms with Gasteiger partial charge in [-0.25, -0.2) is 0 Å². The number of rotatable bonds is 4. The summed E-state index contributed by atoms with van der Waals surface area (Å²) in [7, 11) is 0. The summed E-state index contributed by atoms with van der Waals surface area (Å²) in [5.41, 5.74) is 0.0807. The topological polar surface area (TPSA) is 61.8 Å². The van der Waals surface area contributed by atoms with Crippen molar-refractivity contribution in [3.05, 3.63) is 23.8 Å². The molecule has 0 heterocycles. The van der Waals surface area contributed by atoms with Crippen molar-refractivity contribution in [3.8, 4) is 11.5 Å². The van der Waals surface area contributed by atoms with Gasteiger partial charge < -0.3 is 14.2 Å². The molecule has 8 heteroatoms. The molecule has 0 fully saturated rings. The highest BCUT2D eigenvalue weighted by molar-refractivity contribution is 5.70. The predicted octanol–water partition coefficient (Wildman–Crippen LogP) is 2.57. The Kier molecular flexibility index (Phi) is 4.95. The fourth-order valence-corrected chi connectivity index (χ4v) is 1.30. The standard InChI is InChI=1S/C12H11F3O5/c1-7(16)18-6-9-5-10(20-12(13,14)15)3-4-11(9)19-8(2)17/h3-5H,6H2,1-2H3. The van der Waals surface area contributed by atoms with Crippen LogP contribution < -0.4 is 9.47 Å². The van der Waals surface area contributed by atoms with Gasteiger partial charge in [-0.05, 0) is 18.2 Å². The van der Waals surface area contributed by atoms with Gasteiger partial charge in [0.25, 0.3) is 0 Å². The zero-order chi connectivity index (χ0) is 15.3. The van der Waals surface area contributed by atoms with Crippen LogP contribution in [0.3, 0.4) is 0 Å². The minimum absolute atomic E-state index is 0.00623. The van der Waals surface area contributed by atoms with E-state index in [1.54, 1.807) is 0 Å². The Hall–Kier alpha value is -2.25. The van der Waals surface area contributed by atoms with E-state index in [9.17, 15) is 22.8 Å². The second kappa shape index (κ2) is 6.27. The summed E-state index contributed by atoms with van der Waals surface area (Å²) >= 11 is 0. The van der Waals surface area contributed by atoms with Crippen molar-refractivity contribution in [2.45, 2.75) is 26.8 Å². The van der Waals surface area contributed by atoms with E-state index in [4.69, 9.17) is 4.74 Å². The van der Waals surface area contributed by atoms with Crippen molar-refractivity contribution in [3.63, 3.8) is 0 Å². The normalized spacial score (nSPS) is 10.8. The lowest BCUT2D eigenvalue weighted by Gasteiger charge is -2.13. The predicted molar refractivity (Wildman–Crippen MR) is 59.9 cm³/mol. The summed E-state index contributed by atoms with van der Waals surface area (Å²) in [6, 6.07) is 3.10. The molecule has 5 nitrogen and oxygen atoms in total. The van der Waals surface area contributed by atoms with Gasteiger partial charge in [-0.2, -0.15) is 0 Å². The minimum atomic E-state index is -4.85. The molecule has 0 aliphatic rings. The molecule has 0 aromatic heterocycles. The second-order valence-corrected chi connectivity index (χ2v) is 3.69. The Morgan fingerprint density at radius 1 is 1.15 bits per heavy atom. The lowest BCUT2D eigenvalue weighted by molar-refractivity contribution is -0.274. The molecule has 0 amide bonds. The molecule has 0 saturated heterocycles. The highest BCUT2D eigenvalue weighted by Crippen LogP contribution is 2.29. The van der Waals surface area contributed by atoms with Crippen molar-refractivity contribution in [1.82, 2.24) is 0 Å². The van der Waals surface area contributed by atoms with E-state index in [2.05, 4.69) is 9.47 Å². The number of carbonyl (C=O) groups excluding carboxylic acids is 2. The monoisotopic (exact) mass is 292 g/mol. The summed E-state index contributed by atoms with van der Waals surface area (Å²) in [6.07, 6.45) is -4.85. The molecular formula is C12H11F3O5. The molecule has 0 aliphatic carbocycles. The zero-order valence-corrected chi connectivity index (χ0v) is 10.6. The Bertz CT molecular complexity index is 510. The lowest BCUT2D eigenvalue weighted by atomic mass is 10.2. The molecule has 0 radical (unpaired) electrons. The molecule has 1 rings (SSSR count). The van der Waals surface area contributed by atoms with E-state index in [1.807, 2.05) is 0 Å². The number of carbonyl (C=O) groups is 2. The van der Waals surface area contributed by atoms with E-state index in [0.717, 1.165) is 32.0 Å². The summed E-state index contributed by atoms with van der Waals surface area (Å²) in [6.45, 7) is 1.93. The van der Waals surface area contributed by atoms with Gasteiger partial charge in [-0.1, -0.05) is 0 Å². The maximum absolute atomic E-state index is 12.1. The van der Waals surface area contributed by atoms with E-state index in [1.165, 1.54) is 0 Å². The molecule has 0 N–H and O–H groups in total. The average molecular weight is 292 g/mol. The van der Waals surface area contributed by atoms with Crippen LogP contribution in [0, 0.1) is 0 Å². The van der Waals surface area contributed by atoms with Gasteiger partial charge in [-0.3, -0.25) is 9.59 Å². The largest absolute Gasteiger partial charge is 0.573 e. The van der Waals surface area contributed by atoms with E-state index in [0.29, 0.717) is 0 Å². The van der Waals surface area contributed by atoms with Gasteiger partial charge in [0.05, 0.1) is 0 Å². The first-order valence-corrected chi connectivity index (χ1v) is 5.38. The van der Waals surface area contributed by atoms with Crippen LogP contribution >= 0.6 is 0 Å². The molecule has 0 spiro atoms. The van der Waals surface area contributed by atoms with Gasteiger partial charge >= 0.3 is 18.3 Å². The van der Waals surface area contributed by atoms with Gasteiger partial charge in [0.2, 0.25) is 0 Å². The first-order valence-electron chi connectivity index (χ1n) is 5.38. The molecular weight excluding hydrogens is 281 g/mol. The first kappa shape index (κ1) is 15.8. The number of ether oxygens (including phenoxy) is 3. The van der Waals surface area contributed by atoms with Crippen LogP contribution in [0.2, 0.25) is 0 Å². The molecule has 0 unspecified atom stereocenters. The van der Waals surface area contributed by atoms with Crippen LogP contribution in [0.5, 0.6) is 11.5 Å². The maximum atomic E-state index is 12.1. The van der Waals surface area contributed by atoms with Crippen LogP contribution in [0.4, 0.5) is 13.2 Å². The van der Waals surface area contributed by atoms with Gasteiger partial charge in [0.1, 0.15) is 18.1 Å². The highest BCUT2D eigenvalue weighted by Gasteiger charge is 2.31. The fourth-order valence-electron chi connectivity index (χ4n) is 1.30. The second-order valence-electron chi connectivity index (χ2n) is 3.69. The van der Waals surface area contributed by atoms with Crippen molar-refractivity contribution in [2.75, 3.05) is 0 Å². The van der Waals surface area contributed by atoms with Crippen LogP contribution in [0.1, 0.15) is 19.4 Å². The molecule has 110 valence electrons. The fraction of sp³-hybridized carbons (Fsp3) is 0.333. The minimum Gasteiger partial charge on any atom is -0.461 e. The Labute approximate surface area is 112 Å². The van der Waals surface area contributed by atoms with E-state index in [-0.39, 0.29) is 17.9 Å². The Balaban J connectivity index is 3.00. The third kappa shape index (κ3) is 5.59. The van der Waals surface area contributed by atoms with Crippen LogP contribution in [-0.4, -0.2) is 18.3 Å². The quantitative estimate of drug-likeness (QED) is 0.630. The smallest absolute Gasteiger partial charge is 0.461 e. The molecule has 1 aromatic rings. The number of benzene rings is 1. The van der Waals surface area contributed by atoms with Gasteiger partial charge in [0.15, 0.2) is 0 Å². The molecule has 0 atom stereocenters. The number of esters is 2. The Morgan fingerprint density at radius 2 is 1.80 bits per heavy atom. The van der Waals surface area contributed by atoms with E-state index < -0.39 is 24.1 Å². The van der Waals surface area contributed by atoms with Crippen molar-refractivity contribution < 1.29 is 37.0 Å². The SMILES string of the molecule is CC(=O)OCc1cc(OC(F)(F)F)ccc1OC(C)=O. The summed E-state index contributed by atoms with van der Waals surface area (Å²) in [4.78, 5) is 21.6.